The summed E-state index contributed by atoms with van der Waals surface area (Å²) in [6.45, 7) is 0. The number of rotatable bonds is 3. The molecule has 1 heterocycles. The fraction of sp³-hybridized carbons (Fsp3) is 0.643. The molecule has 0 bridgehead atoms. The maximum Gasteiger partial charge on any atom is 0.416 e. The molecule has 112 valence electrons. The van der Waals surface area contributed by atoms with Crippen LogP contribution in [0, 0.1) is 0 Å². The topological polar surface area (TPSA) is 28.2 Å². The second kappa shape index (κ2) is 5.89. The minimum atomic E-state index is -4.35. The summed E-state index contributed by atoms with van der Waals surface area (Å²) in [5.41, 5.74) is -0.658. The largest absolute Gasteiger partial charge is 0.416 e. The third kappa shape index (κ3) is 3.35. The summed E-state index contributed by atoms with van der Waals surface area (Å²) in [5, 5.41) is 2.70. The fourth-order valence-electron chi connectivity index (χ4n) is 2.64. The van der Waals surface area contributed by atoms with Gasteiger partial charge in [0.05, 0.1) is 5.56 Å². The van der Waals surface area contributed by atoms with Crippen molar-refractivity contribution >= 4 is 11.6 Å². The van der Waals surface area contributed by atoms with Crippen LogP contribution in [0.25, 0.3) is 0 Å². The zero-order chi connectivity index (χ0) is 14.8. The van der Waals surface area contributed by atoms with Gasteiger partial charge in [0.2, 0.25) is 0 Å². The molecule has 0 saturated heterocycles. The van der Waals surface area contributed by atoms with Crippen molar-refractivity contribution in [3.63, 3.8) is 0 Å². The van der Waals surface area contributed by atoms with Crippen molar-refractivity contribution in [2.24, 2.45) is 0 Å². The van der Waals surface area contributed by atoms with Gasteiger partial charge in [-0.25, -0.2) is 4.98 Å². The number of hydrogen-bond acceptors (Lipinski definition) is 3. The van der Waals surface area contributed by atoms with Crippen LogP contribution in [0.4, 0.5) is 24.8 Å². The van der Waals surface area contributed by atoms with Crippen molar-refractivity contribution in [3.05, 3.63) is 17.7 Å². The Morgan fingerprint density at radius 3 is 2.40 bits per heavy atom. The van der Waals surface area contributed by atoms with Gasteiger partial charge in [0.15, 0.2) is 0 Å². The van der Waals surface area contributed by atoms with Crippen LogP contribution in [-0.4, -0.2) is 25.1 Å². The standard InChI is InChI=1S/C14H20F3N3/c1-18-12-8-10(14(15,16)17)9-13(19-12)20(2)11-6-4-3-5-7-11/h8-9,11H,3-7H2,1-2H3,(H,18,19). The lowest BCUT2D eigenvalue weighted by molar-refractivity contribution is -0.137. The first-order valence-corrected chi connectivity index (χ1v) is 6.91. The highest BCUT2D eigenvalue weighted by Crippen LogP contribution is 2.34. The zero-order valence-corrected chi connectivity index (χ0v) is 11.8. The number of alkyl halides is 3. The number of anilines is 2. The van der Waals surface area contributed by atoms with Crippen LogP contribution in [0.3, 0.4) is 0 Å². The SMILES string of the molecule is CNc1cc(C(F)(F)F)cc(N(C)C2CCCCC2)n1. The number of aromatic nitrogens is 1. The van der Waals surface area contributed by atoms with Crippen molar-refractivity contribution in [1.82, 2.24) is 4.98 Å². The quantitative estimate of drug-likeness (QED) is 0.913. The third-order valence-corrected chi connectivity index (χ3v) is 3.88. The molecule has 0 unspecified atom stereocenters. The number of pyridine rings is 1. The van der Waals surface area contributed by atoms with Gasteiger partial charge in [-0.05, 0) is 25.0 Å². The fourth-order valence-corrected chi connectivity index (χ4v) is 2.64. The van der Waals surface area contributed by atoms with E-state index >= 15 is 0 Å². The third-order valence-electron chi connectivity index (χ3n) is 3.88. The van der Waals surface area contributed by atoms with E-state index in [-0.39, 0.29) is 11.9 Å². The van der Waals surface area contributed by atoms with Crippen LogP contribution < -0.4 is 10.2 Å². The molecule has 0 aromatic carbocycles. The summed E-state index contributed by atoms with van der Waals surface area (Å²) < 4.78 is 38.7. The van der Waals surface area contributed by atoms with E-state index in [4.69, 9.17) is 0 Å². The molecular formula is C14H20F3N3. The van der Waals surface area contributed by atoms with Crippen LogP contribution in [-0.2, 0) is 6.18 Å². The Bertz CT molecular complexity index is 453. The lowest BCUT2D eigenvalue weighted by atomic mass is 9.94. The Kier molecular flexibility index (Phi) is 4.40. The summed E-state index contributed by atoms with van der Waals surface area (Å²) in [4.78, 5) is 6.14. The molecule has 0 atom stereocenters. The van der Waals surface area contributed by atoms with Crippen molar-refractivity contribution in [3.8, 4) is 0 Å². The molecule has 1 fully saturated rings. The van der Waals surface area contributed by atoms with E-state index in [2.05, 4.69) is 10.3 Å². The van der Waals surface area contributed by atoms with Gasteiger partial charge in [0.1, 0.15) is 11.6 Å². The first-order valence-electron chi connectivity index (χ1n) is 6.91. The monoisotopic (exact) mass is 287 g/mol. The van der Waals surface area contributed by atoms with Gasteiger partial charge in [0.25, 0.3) is 0 Å². The van der Waals surface area contributed by atoms with Gasteiger partial charge >= 0.3 is 6.18 Å². The Morgan fingerprint density at radius 2 is 1.85 bits per heavy atom. The van der Waals surface area contributed by atoms with Gasteiger partial charge in [-0.3, -0.25) is 0 Å². The van der Waals surface area contributed by atoms with Crippen LogP contribution >= 0.6 is 0 Å². The molecule has 1 aromatic rings. The second-order valence-corrected chi connectivity index (χ2v) is 5.25. The minimum Gasteiger partial charge on any atom is -0.373 e. The second-order valence-electron chi connectivity index (χ2n) is 5.25. The van der Waals surface area contributed by atoms with Gasteiger partial charge in [-0.15, -0.1) is 0 Å². The molecular weight excluding hydrogens is 267 g/mol. The summed E-state index contributed by atoms with van der Waals surface area (Å²) >= 11 is 0. The highest BCUT2D eigenvalue weighted by Gasteiger charge is 2.32. The lowest BCUT2D eigenvalue weighted by Crippen LogP contribution is -2.34. The van der Waals surface area contributed by atoms with Crippen LogP contribution in [0.1, 0.15) is 37.7 Å². The maximum absolute atomic E-state index is 12.9. The molecule has 0 aliphatic heterocycles. The molecule has 3 nitrogen and oxygen atoms in total. The van der Waals surface area contributed by atoms with E-state index in [1.165, 1.54) is 6.42 Å². The lowest BCUT2D eigenvalue weighted by Gasteiger charge is -2.32. The summed E-state index contributed by atoms with van der Waals surface area (Å²) in [7, 11) is 3.41. The van der Waals surface area contributed by atoms with Gasteiger partial charge in [-0.2, -0.15) is 13.2 Å². The van der Waals surface area contributed by atoms with Crippen molar-refractivity contribution in [2.75, 3.05) is 24.3 Å². The molecule has 1 saturated carbocycles. The Hall–Kier alpha value is -1.46. The molecule has 20 heavy (non-hydrogen) atoms. The van der Waals surface area contributed by atoms with Gasteiger partial charge in [0, 0.05) is 20.1 Å². The first-order chi connectivity index (χ1) is 9.41. The van der Waals surface area contributed by atoms with E-state index in [0.29, 0.717) is 5.82 Å². The smallest absolute Gasteiger partial charge is 0.373 e. The molecule has 0 radical (unpaired) electrons. The number of nitrogens with one attached hydrogen (secondary N) is 1. The van der Waals surface area contributed by atoms with Crippen molar-refractivity contribution < 1.29 is 13.2 Å². The summed E-state index contributed by atoms with van der Waals surface area (Å²) in [6, 6.07) is 2.46. The first kappa shape index (κ1) is 14.9. The van der Waals surface area contributed by atoms with Crippen LogP contribution in [0.15, 0.2) is 12.1 Å². The molecule has 0 spiro atoms. The summed E-state index contributed by atoms with van der Waals surface area (Å²) in [6.07, 6.45) is 1.16. The summed E-state index contributed by atoms with van der Waals surface area (Å²) in [5.74, 6) is 0.633. The molecule has 2 rings (SSSR count). The average Bonchev–Trinajstić information content (AvgIpc) is 2.46. The van der Waals surface area contributed by atoms with Crippen LogP contribution in [0.2, 0.25) is 0 Å². The van der Waals surface area contributed by atoms with Gasteiger partial charge in [-0.1, -0.05) is 19.3 Å². The zero-order valence-electron chi connectivity index (χ0n) is 11.8. The molecule has 6 heteroatoms. The predicted molar refractivity (Wildman–Crippen MR) is 74.1 cm³/mol. The highest BCUT2D eigenvalue weighted by atomic mass is 19.4. The number of nitrogens with zero attached hydrogens (tertiary/aromatic N) is 2. The van der Waals surface area contributed by atoms with E-state index in [1.807, 2.05) is 11.9 Å². The maximum atomic E-state index is 12.9. The number of halogens is 3. The van der Waals surface area contributed by atoms with E-state index in [9.17, 15) is 13.2 Å². The molecule has 1 N–H and O–H groups in total. The Balaban J connectivity index is 2.29. The number of hydrogen-bond donors (Lipinski definition) is 1. The molecule has 0 amide bonds. The molecule has 1 aliphatic carbocycles. The average molecular weight is 287 g/mol. The van der Waals surface area contributed by atoms with Crippen LogP contribution in [0.5, 0.6) is 0 Å². The van der Waals surface area contributed by atoms with E-state index in [1.54, 1.807) is 7.05 Å². The highest BCUT2D eigenvalue weighted by molar-refractivity contribution is 5.51. The van der Waals surface area contributed by atoms with Crippen molar-refractivity contribution in [2.45, 2.75) is 44.3 Å². The predicted octanol–water partition coefficient (Wildman–Crippen LogP) is 3.91. The molecule has 1 aromatic heterocycles. The minimum absolute atomic E-state index is 0.248. The van der Waals surface area contributed by atoms with Crippen molar-refractivity contribution in [1.29, 1.82) is 0 Å². The van der Waals surface area contributed by atoms with E-state index in [0.717, 1.165) is 37.8 Å². The Morgan fingerprint density at radius 1 is 1.20 bits per heavy atom. The van der Waals surface area contributed by atoms with E-state index < -0.39 is 11.7 Å². The molecule has 1 aliphatic rings. The normalized spacial score (nSPS) is 17.1. The Labute approximate surface area is 117 Å². The van der Waals surface area contributed by atoms with Gasteiger partial charge < -0.3 is 10.2 Å².